The molecule has 170 valence electrons. The maximum atomic E-state index is 13.0. The number of ketones is 1. The molecular formula is C26H36O4S. The van der Waals surface area contributed by atoms with Gasteiger partial charge in [0.15, 0.2) is 0 Å². The first-order chi connectivity index (χ1) is 14.6. The van der Waals surface area contributed by atoms with Crippen molar-refractivity contribution in [2.75, 3.05) is 0 Å². The van der Waals surface area contributed by atoms with Gasteiger partial charge in [0, 0.05) is 12.8 Å². The first-order valence-electron chi connectivity index (χ1n) is 12.2. The Bertz CT molecular complexity index is 968. The number of hydrogen-bond donors (Lipinski definition) is 0. The molecule has 4 aliphatic rings. The Morgan fingerprint density at radius 3 is 2.35 bits per heavy atom. The first kappa shape index (κ1) is 21.6. The Morgan fingerprint density at radius 1 is 0.903 bits per heavy atom. The molecule has 0 heterocycles. The molecule has 0 N–H and O–H groups in total. The molecule has 7 atom stereocenters. The summed E-state index contributed by atoms with van der Waals surface area (Å²) >= 11 is 0. The van der Waals surface area contributed by atoms with Crippen LogP contribution in [0.15, 0.2) is 29.2 Å². The third-order valence-electron chi connectivity index (χ3n) is 9.95. The molecule has 4 nitrogen and oxygen atoms in total. The molecule has 0 amide bonds. The predicted octanol–water partition coefficient (Wildman–Crippen LogP) is 5.68. The zero-order chi connectivity index (χ0) is 22.0. The number of rotatable bonds is 3. The van der Waals surface area contributed by atoms with E-state index in [9.17, 15) is 13.2 Å². The van der Waals surface area contributed by atoms with Crippen molar-refractivity contribution in [2.24, 2.45) is 34.5 Å². The van der Waals surface area contributed by atoms with Crippen LogP contribution in [-0.4, -0.2) is 20.3 Å². The SMILES string of the molecule is Cc1ccc(S(=O)(=O)O[C@H]2CC[C@H]3[C@H]4CC[C@@H]5CC(=O)CC[C@]5(C)[C@H]4CC[C@]23C)cc1. The van der Waals surface area contributed by atoms with Crippen LogP contribution in [0.25, 0.3) is 0 Å². The van der Waals surface area contributed by atoms with Crippen LogP contribution < -0.4 is 0 Å². The van der Waals surface area contributed by atoms with Crippen LogP contribution in [0.2, 0.25) is 0 Å². The first-order valence-corrected chi connectivity index (χ1v) is 13.6. The highest BCUT2D eigenvalue weighted by Crippen LogP contribution is 2.66. The van der Waals surface area contributed by atoms with Crippen LogP contribution in [0.1, 0.15) is 77.2 Å². The van der Waals surface area contributed by atoms with E-state index in [4.69, 9.17) is 4.18 Å². The van der Waals surface area contributed by atoms with Gasteiger partial charge in [-0.05, 0) is 98.5 Å². The molecule has 0 aliphatic heterocycles. The lowest BCUT2D eigenvalue weighted by Gasteiger charge is -2.60. The summed E-state index contributed by atoms with van der Waals surface area (Å²) in [5.41, 5.74) is 1.25. The zero-order valence-corrected chi connectivity index (χ0v) is 19.9. The van der Waals surface area contributed by atoms with Crippen LogP contribution in [0.5, 0.6) is 0 Å². The Labute approximate surface area is 187 Å². The minimum absolute atomic E-state index is 0.0768. The standard InChI is InChI=1S/C26H36O4S/c1-17-4-7-20(8-5-17)31(28,29)30-24-11-10-22-21-9-6-18-16-19(27)12-14-25(18,2)23(21)13-15-26(22,24)3/h4-5,7-8,18,21-24H,6,9-16H2,1-3H3/t18-,21-,22+,23+,24+,25+,26+/m1/s1. The Hall–Kier alpha value is -1.20. The summed E-state index contributed by atoms with van der Waals surface area (Å²) in [6.45, 7) is 6.69. The number of aryl methyl sites for hydroxylation is 1. The summed E-state index contributed by atoms with van der Waals surface area (Å²) in [6.07, 6.45) is 8.75. The highest BCUT2D eigenvalue weighted by atomic mass is 32.2. The maximum Gasteiger partial charge on any atom is 0.297 e. The van der Waals surface area contributed by atoms with Crippen molar-refractivity contribution in [3.05, 3.63) is 29.8 Å². The largest absolute Gasteiger partial charge is 0.300 e. The lowest BCUT2D eigenvalue weighted by atomic mass is 9.45. The molecule has 0 spiro atoms. The third kappa shape index (κ3) is 3.42. The predicted molar refractivity (Wildman–Crippen MR) is 120 cm³/mol. The van der Waals surface area contributed by atoms with Gasteiger partial charge in [-0.1, -0.05) is 31.5 Å². The fourth-order valence-corrected chi connectivity index (χ4v) is 9.27. The van der Waals surface area contributed by atoms with Gasteiger partial charge in [-0.3, -0.25) is 8.98 Å². The van der Waals surface area contributed by atoms with Gasteiger partial charge >= 0.3 is 0 Å². The third-order valence-corrected chi connectivity index (χ3v) is 11.3. The van der Waals surface area contributed by atoms with E-state index in [1.54, 1.807) is 12.1 Å². The fraction of sp³-hybridized carbons (Fsp3) is 0.731. The summed E-state index contributed by atoms with van der Waals surface area (Å²) in [5, 5.41) is 0. The smallest absolute Gasteiger partial charge is 0.297 e. The van der Waals surface area contributed by atoms with E-state index in [1.807, 2.05) is 19.1 Å². The monoisotopic (exact) mass is 444 g/mol. The van der Waals surface area contributed by atoms with E-state index in [0.717, 1.165) is 56.9 Å². The summed E-state index contributed by atoms with van der Waals surface area (Å²) in [4.78, 5) is 12.4. The molecule has 31 heavy (non-hydrogen) atoms. The molecule has 0 radical (unpaired) electrons. The number of carbonyl (C=O) groups is 1. The second-order valence-corrected chi connectivity index (χ2v) is 12.9. The molecule has 1 aromatic carbocycles. The number of fused-ring (bicyclic) bond motifs is 5. The zero-order valence-electron chi connectivity index (χ0n) is 19.1. The molecule has 0 saturated heterocycles. The highest BCUT2D eigenvalue weighted by molar-refractivity contribution is 7.86. The van der Waals surface area contributed by atoms with Gasteiger partial charge in [-0.2, -0.15) is 8.42 Å². The second kappa shape index (κ2) is 7.41. The lowest BCUT2D eigenvalue weighted by molar-refractivity contribution is -0.140. The van der Waals surface area contributed by atoms with Crippen molar-refractivity contribution < 1.29 is 17.4 Å². The topological polar surface area (TPSA) is 60.4 Å². The molecular weight excluding hydrogens is 408 g/mol. The van der Waals surface area contributed by atoms with Crippen molar-refractivity contribution in [2.45, 2.75) is 89.6 Å². The molecule has 0 unspecified atom stereocenters. The van der Waals surface area contributed by atoms with Crippen LogP contribution in [0, 0.1) is 41.4 Å². The normalized spacial score (nSPS) is 42.5. The van der Waals surface area contributed by atoms with Crippen LogP contribution in [0.3, 0.4) is 0 Å². The number of hydrogen-bond acceptors (Lipinski definition) is 4. The average Bonchev–Trinajstić information content (AvgIpc) is 3.04. The van der Waals surface area contributed by atoms with Crippen molar-refractivity contribution in [1.29, 1.82) is 0 Å². The second-order valence-electron chi connectivity index (χ2n) is 11.4. The number of benzene rings is 1. The average molecular weight is 445 g/mol. The van der Waals surface area contributed by atoms with Gasteiger partial charge in [0.2, 0.25) is 0 Å². The minimum atomic E-state index is -3.75. The van der Waals surface area contributed by atoms with Crippen molar-refractivity contribution in [3.63, 3.8) is 0 Å². The summed E-state index contributed by atoms with van der Waals surface area (Å²) in [5.74, 6) is 2.85. The molecule has 4 fully saturated rings. The Morgan fingerprint density at radius 2 is 1.61 bits per heavy atom. The molecule has 4 aliphatic carbocycles. The number of Topliss-reactive ketones (excluding diaryl/α,β-unsaturated/α-hetero) is 1. The molecule has 1 aromatic rings. The quantitative estimate of drug-likeness (QED) is 0.563. The summed E-state index contributed by atoms with van der Waals surface area (Å²) in [7, 11) is -3.75. The van der Waals surface area contributed by atoms with E-state index < -0.39 is 10.1 Å². The maximum absolute atomic E-state index is 13.0. The van der Waals surface area contributed by atoms with E-state index in [2.05, 4.69) is 13.8 Å². The molecule has 5 heteroatoms. The van der Waals surface area contributed by atoms with Crippen LogP contribution >= 0.6 is 0 Å². The van der Waals surface area contributed by atoms with E-state index in [-0.39, 0.29) is 21.8 Å². The van der Waals surface area contributed by atoms with E-state index >= 15 is 0 Å². The highest BCUT2D eigenvalue weighted by Gasteiger charge is 2.61. The Balaban J connectivity index is 1.37. The summed E-state index contributed by atoms with van der Waals surface area (Å²) in [6, 6.07) is 6.97. The Kier molecular flexibility index (Phi) is 5.17. The van der Waals surface area contributed by atoms with Gasteiger partial charge in [0.1, 0.15) is 5.78 Å². The van der Waals surface area contributed by atoms with Gasteiger partial charge in [0.05, 0.1) is 11.0 Å². The van der Waals surface area contributed by atoms with Gasteiger partial charge in [-0.25, -0.2) is 0 Å². The summed E-state index contributed by atoms with van der Waals surface area (Å²) < 4.78 is 32.0. The van der Waals surface area contributed by atoms with Crippen LogP contribution in [-0.2, 0) is 19.1 Å². The van der Waals surface area contributed by atoms with Gasteiger partial charge in [-0.15, -0.1) is 0 Å². The lowest BCUT2D eigenvalue weighted by Crippen LogP contribution is -2.54. The molecule has 0 bridgehead atoms. The number of carbonyl (C=O) groups excluding carboxylic acids is 1. The minimum Gasteiger partial charge on any atom is -0.300 e. The molecule has 5 rings (SSSR count). The van der Waals surface area contributed by atoms with Gasteiger partial charge in [0.25, 0.3) is 10.1 Å². The van der Waals surface area contributed by atoms with E-state index in [1.165, 1.54) is 6.42 Å². The van der Waals surface area contributed by atoms with Crippen molar-refractivity contribution in [1.82, 2.24) is 0 Å². The van der Waals surface area contributed by atoms with E-state index in [0.29, 0.717) is 29.5 Å². The van der Waals surface area contributed by atoms with Crippen molar-refractivity contribution in [3.8, 4) is 0 Å². The molecule has 0 aromatic heterocycles. The van der Waals surface area contributed by atoms with Gasteiger partial charge < -0.3 is 0 Å². The fourth-order valence-electron chi connectivity index (χ4n) is 8.07. The van der Waals surface area contributed by atoms with Crippen LogP contribution in [0.4, 0.5) is 0 Å². The van der Waals surface area contributed by atoms with Crippen molar-refractivity contribution >= 4 is 15.9 Å². The molecule has 4 saturated carbocycles.